The molecule has 0 bridgehead atoms. The lowest BCUT2D eigenvalue weighted by molar-refractivity contribution is -0.122. The van der Waals surface area contributed by atoms with E-state index in [2.05, 4.69) is 9.80 Å². The van der Waals surface area contributed by atoms with Crippen molar-refractivity contribution in [1.82, 2.24) is 9.80 Å². The van der Waals surface area contributed by atoms with Crippen molar-refractivity contribution in [3.63, 3.8) is 0 Å². The van der Waals surface area contributed by atoms with Crippen molar-refractivity contribution in [3.05, 3.63) is 0 Å². The van der Waals surface area contributed by atoms with Gasteiger partial charge >= 0.3 is 0 Å². The van der Waals surface area contributed by atoms with Crippen molar-refractivity contribution in [1.29, 1.82) is 0 Å². The number of rotatable bonds is 4. The fourth-order valence-electron chi connectivity index (χ4n) is 19.5. The summed E-state index contributed by atoms with van der Waals surface area (Å²) in [5, 5.41) is 0. The summed E-state index contributed by atoms with van der Waals surface area (Å²) in [5.74, 6) is 13.0. The highest BCUT2D eigenvalue weighted by atomic mass is 15.3. The van der Waals surface area contributed by atoms with Gasteiger partial charge in [-0.25, -0.2) is 0 Å². The molecule has 9 saturated carbocycles. The maximum Gasteiger partial charge on any atom is 0.0135 e. The Labute approximate surface area is 321 Å². The lowest BCUT2D eigenvalue weighted by atomic mass is 9.44. The molecule has 0 aromatic rings. The van der Waals surface area contributed by atoms with E-state index >= 15 is 0 Å². The Morgan fingerprint density at radius 1 is 0.231 bits per heavy atom. The minimum absolute atomic E-state index is 0.955. The average Bonchev–Trinajstić information content (AvgIpc) is 3.72. The van der Waals surface area contributed by atoms with E-state index in [1.807, 2.05) is 0 Å². The highest BCUT2D eigenvalue weighted by Gasteiger charge is 2.60. The summed E-state index contributed by atoms with van der Waals surface area (Å²) in [7, 11) is 0. The zero-order valence-electron chi connectivity index (χ0n) is 33.9. The van der Waals surface area contributed by atoms with Gasteiger partial charge in [-0.2, -0.15) is 0 Å². The average molecular weight is 711 g/mol. The van der Waals surface area contributed by atoms with Gasteiger partial charge in [-0.15, -0.1) is 0 Å². The van der Waals surface area contributed by atoms with Crippen molar-refractivity contribution < 1.29 is 0 Å². The van der Waals surface area contributed by atoms with Crippen LogP contribution in [-0.2, 0) is 0 Å². The molecule has 14 unspecified atom stereocenters. The summed E-state index contributed by atoms with van der Waals surface area (Å²) < 4.78 is 0. The van der Waals surface area contributed by atoms with E-state index in [4.69, 9.17) is 0 Å². The van der Waals surface area contributed by atoms with E-state index in [-0.39, 0.29) is 0 Å². The molecule has 2 aliphatic heterocycles. The largest absolute Gasteiger partial charge is 0.294 e. The standard InChI is InChI=1S/C50H82N2/c1-3-15-35(16-4-1)51-45-25-13-11-19-37(45)39-29-27-33(31-47(39)51)49-41-21-7-9-23-43(41)50(44-24-10-8-22-42(44)49)34-28-30-40-38-20-12-14-26-46(38)52(48(40)32-34)36-17-5-2-6-18-36/h33-50H,1-32H2. The summed E-state index contributed by atoms with van der Waals surface area (Å²) >= 11 is 0. The Kier molecular flexibility index (Phi) is 10.1. The number of likely N-dealkylation sites (tertiary alicyclic amines) is 2. The molecule has 2 heteroatoms. The first kappa shape index (κ1) is 35.1. The monoisotopic (exact) mass is 711 g/mol. The highest BCUT2D eigenvalue weighted by molar-refractivity contribution is 5.12. The van der Waals surface area contributed by atoms with Crippen LogP contribution in [0, 0.1) is 71.0 Å². The third-order valence-corrected chi connectivity index (χ3v) is 20.8. The Bertz CT molecular complexity index is 1080. The molecule has 0 aromatic carbocycles. The Morgan fingerprint density at radius 2 is 0.538 bits per heavy atom. The number of fused-ring (bicyclic) bond motifs is 8. The number of hydrogen-bond acceptors (Lipinski definition) is 2. The molecular weight excluding hydrogens is 629 g/mol. The van der Waals surface area contributed by atoms with E-state index in [0.717, 1.165) is 107 Å². The van der Waals surface area contributed by atoms with Gasteiger partial charge in [0.05, 0.1) is 0 Å². The molecule has 52 heavy (non-hydrogen) atoms. The summed E-state index contributed by atoms with van der Waals surface area (Å²) in [4.78, 5) is 6.72. The summed E-state index contributed by atoms with van der Waals surface area (Å²) in [6.07, 6.45) is 50.4. The molecule has 0 aromatic heterocycles. The van der Waals surface area contributed by atoms with Crippen molar-refractivity contribution in [2.45, 2.75) is 242 Å². The van der Waals surface area contributed by atoms with Gasteiger partial charge in [0, 0.05) is 36.3 Å². The minimum atomic E-state index is 0.955. The summed E-state index contributed by atoms with van der Waals surface area (Å²) in [5.41, 5.74) is 0. The van der Waals surface area contributed by atoms with Crippen LogP contribution in [0.1, 0.15) is 205 Å². The van der Waals surface area contributed by atoms with Crippen molar-refractivity contribution >= 4 is 0 Å². The highest BCUT2D eigenvalue weighted by Crippen LogP contribution is 2.65. The van der Waals surface area contributed by atoms with Gasteiger partial charge in [0.1, 0.15) is 0 Å². The molecule has 14 atom stereocenters. The molecule has 0 radical (unpaired) electrons. The Hall–Kier alpha value is -0.0800. The normalized spacial score (nSPS) is 52.2. The van der Waals surface area contributed by atoms with E-state index in [0.29, 0.717) is 0 Å². The van der Waals surface area contributed by atoms with Gasteiger partial charge in [-0.3, -0.25) is 9.80 Å². The van der Waals surface area contributed by atoms with Gasteiger partial charge in [0.25, 0.3) is 0 Å². The first-order valence-corrected chi connectivity index (χ1v) is 25.4. The van der Waals surface area contributed by atoms with Crippen LogP contribution in [0.25, 0.3) is 0 Å². The summed E-state index contributed by atoms with van der Waals surface area (Å²) in [6.45, 7) is 0. The fourth-order valence-corrected chi connectivity index (χ4v) is 19.5. The fraction of sp³-hybridized carbons (Fsp3) is 1.00. The van der Waals surface area contributed by atoms with Crippen molar-refractivity contribution in [2.75, 3.05) is 0 Å². The van der Waals surface area contributed by atoms with Crippen LogP contribution in [0.2, 0.25) is 0 Å². The molecule has 11 fully saturated rings. The maximum atomic E-state index is 3.36. The topological polar surface area (TPSA) is 6.48 Å². The first-order chi connectivity index (χ1) is 25.8. The molecule has 2 heterocycles. The van der Waals surface area contributed by atoms with Gasteiger partial charge in [0.2, 0.25) is 0 Å². The van der Waals surface area contributed by atoms with Gasteiger partial charge in [0.15, 0.2) is 0 Å². The van der Waals surface area contributed by atoms with Crippen LogP contribution in [0.15, 0.2) is 0 Å². The molecule has 11 aliphatic rings. The van der Waals surface area contributed by atoms with E-state index in [9.17, 15) is 0 Å². The Morgan fingerprint density at radius 3 is 0.923 bits per heavy atom. The van der Waals surface area contributed by atoms with Crippen LogP contribution in [0.3, 0.4) is 0 Å². The van der Waals surface area contributed by atoms with Crippen LogP contribution >= 0.6 is 0 Å². The van der Waals surface area contributed by atoms with Crippen molar-refractivity contribution in [3.8, 4) is 0 Å². The predicted molar refractivity (Wildman–Crippen MR) is 216 cm³/mol. The lowest BCUT2D eigenvalue weighted by Gasteiger charge is -2.61. The van der Waals surface area contributed by atoms with E-state index < -0.39 is 0 Å². The van der Waals surface area contributed by atoms with E-state index in [1.54, 1.807) is 154 Å². The molecule has 0 spiro atoms. The second-order valence-electron chi connectivity index (χ2n) is 22.5. The maximum absolute atomic E-state index is 3.36. The predicted octanol–water partition coefficient (Wildman–Crippen LogP) is 12.8. The SMILES string of the molecule is C1CCC(N2C3CCCCC3C3CCC(C4C5CCCCC5C(C5CCC6C7CCCCC7N(C7CCCCC7)C6C5)C5CCCCC54)CC32)CC1. The third kappa shape index (κ3) is 5.93. The molecule has 0 amide bonds. The van der Waals surface area contributed by atoms with Crippen LogP contribution in [-0.4, -0.2) is 46.1 Å². The van der Waals surface area contributed by atoms with Crippen LogP contribution < -0.4 is 0 Å². The third-order valence-electron chi connectivity index (χ3n) is 20.8. The van der Waals surface area contributed by atoms with Crippen LogP contribution in [0.5, 0.6) is 0 Å². The quantitative estimate of drug-likeness (QED) is 0.287. The summed E-state index contributed by atoms with van der Waals surface area (Å²) in [6, 6.07) is 5.82. The number of hydrogen-bond donors (Lipinski definition) is 0. The first-order valence-electron chi connectivity index (χ1n) is 25.4. The van der Waals surface area contributed by atoms with Crippen LogP contribution in [0.4, 0.5) is 0 Å². The molecule has 0 N–H and O–H groups in total. The molecule has 2 nitrogen and oxygen atoms in total. The lowest BCUT2D eigenvalue weighted by Crippen LogP contribution is -2.56. The molecule has 9 aliphatic carbocycles. The van der Waals surface area contributed by atoms with Gasteiger partial charge in [-0.1, -0.05) is 89.9 Å². The molecule has 292 valence electrons. The van der Waals surface area contributed by atoms with Crippen molar-refractivity contribution in [2.24, 2.45) is 71.0 Å². The molecular formula is C50H82N2. The number of nitrogens with zero attached hydrogens (tertiary/aromatic N) is 2. The van der Waals surface area contributed by atoms with Gasteiger partial charge < -0.3 is 0 Å². The smallest absolute Gasteiger partial charge is 0.0135 e. The molecule has 2 saturated heterocycles. The Balaban J connectivity index is 0.877. The second-order valence-corrected chi connectivity index (χ2v) is 22.5. The van der Waals surface area contributed by atoms with Gasteiger partial charge in [-0.05, 0) is 187 Å². The second kappa shape index (κ2) is 15.0. The molecule has 11 rings (SSSR count). The minimum Gasteiger partial charge on any atom is -0.294 e. The zero-order valence-corrected chi connectivity index (χ0v) is 33.9. The van der Waals surface area contributed by atoms with E-state index in [1.165, 1.54) is 51.4 Å². The zero-order chi connectivity index (χ0) is 34.2.